The van der Waals surface area contributed by atoms with Crippen molar-refractivity contribution in [1.29, 1.82) is 0 Å². The number of nitrogens with one attached hydrogen (secondary N) is 1. The summed E-state index contributed by atoms with van der Waals surface area (Å²) < 4.78 is 30.1. The van der Waals surface area contributed by atoms with Crippen LogP contribution in [0.15, 0.2) is 24.3 Å². The van der Waals surface area contributed by atoms with E-state index in [-0.39, 0.29) is 18.9 Å². The Morgan fingerprint density at radius 2 is 1.92 bits per heavy atom. The second-order valence-corrected chi connectivity index (χ2v) is 7.83. The fourth-order valence-corrected chi connectivity index (χ4v) is 3.04. The summed E-state index contributed by atoms with van der Waals surface area (Å²) in [6.07, 6.45) is 1.99. The van der Waals surface area contributed by atoms with Crippen molar-refractivity contribution in [2.45, 2.75) is 12.8 Å². The van der Waals surface area contributed by atoms with Gasteiger partial charge in [-0.3, -0.25) is 4.79 Å². The number of anilines is 1. The van der Waals surface area contributed by atoms with Gasteiger partial charge in [0.15, 0.2) is 0 Å². The number of hydrogen-bond donors (Lipinski definition) is 1. The normalized spacial score (nSPS) is 11.8. The highest BCUT2D eigenvalue weighted by molar-refractivity contribution is 7.88. The van der Waals surface area contributed by atoms with Crippen molar-refractivity contribution in [2.75, 3.05) is 52.4 Å². The summed E-state index contributed by atoms with van der Waals surface area (Å²) >= 11 is 0. The lowest BCUT2D eigenvalue weighted by Crippen LogP contribution is -2.35. The third-order valence-corrected chi connectivity index (χ3v) is 4.73. The van der Waals surface area contributed by atoms with Gasteiger partial charge in [0.2, 0.25) is 15.9 Å². The van der Waals surface area contributed by atoms with Crippen molar-refractivity contribution in [1.82, 2.24) is 9.21 Å². The Labute approximate surface area is 144 Å². The van der Waals surface area contributed by atoms with Crippen LogP contribution in [-0.4, -0.2) is 70.6 Å². The first kappa shape index (κ1) is 20.4. The minimum absolute atomic E-state index is 0.103. The molecule has 0 spiro atoms. The Kier molecular flexibility index (Phi) is 8.17. The Morgan fingerprint density at radius 3 is 2.50 bits per heavy atom. The summed E-state index contributed by atoms with van der Waals surface area (Å²) in [6, 6.07) is 7.03. The van der Waals surface area contributed by atoms with Crippen LogP contribution in [0.25, 0.3) is 0 Å². The molecule has 0 heterocycles. The molecule has 1 N–H and O–H groups in total. The average molecular weight is 357 g/mol. The van der Waals surface area contributed by atoms with E-state index >= 15 is 0 Å². The molecule has 0 unspecified atom stereocenters. The molecule has 0 aliphatic carbocycles. The van der Waals surface area contributed by atoms with Gasteiger partial charge in [0.25, 0.3) is 0 Å². The Morgan fingerprint density at radius 1 is 1.21 bits per heavy atom. The number of hydrogen-bond acceptors (Lipinski definition) is 5. The summed E-state index contributed by atoms with van der Waals surface area (Å²) in [5.74, 6) is 0.416. The molecule has 0 saturated heterocycles. The molecule has 8 heteroatoms. The van der Waals surface area contributed by atoms with E-state index in [2.05, 4.69) is 5.32 Å². The Hall–Kier alpha value is -1.64. The van der Waals surface area contributed by atoms with E-state index in [0.717, 1.165) is 13.0 Å². The summed E-state index contributed by atoms with van der Waals surface area (Å²) in [5.41, 5.74) is 0.623. The SMILES string of the molecule is COc1cccc(NC(=O)CCN(CCCN(C)C)S(C)(=O)=O)c1. The predicted octanol–water partition coefficient (Wildman–Crippen LogP) is 1.24. The Bertz CT molecular complexity index is 632. The number of carbonyl (C=O) groups excluding carboxylic acids is 1. The van der Waals surface area contributed by atoms with Crippen molar-refractivity contribution < 1.29 is 17.9 Å². The molecular formula is C16H27N3O4S. The fraction of sp³-hybridized carbons (Fsp3) is 0.562. The molecule has 1 aromatic rings. The first-order valence-corrected chi connectivity index (χ1v) is 9.61. The number of ether oxygens (including phenoxy) is 1. The molecule has 0 fully saturated rings. The molecule has 0 saturated carbocycles. The van der Waals surface area contributed by atoms with Gasteiger partial charge in [0, 0.05) is 31.3 Å². The van der Waals surface area contributed by atoms with E-state index in [1.807, 2.05) is 19.0 Å². The third kappa shape index (κ3) is 7.76. The molecule has 0 radical (unpaired) electrons. The number of benzene rings is 1. The van der Waals surface area contributed by atoms with Crippen LogP contribution in [0.1, 0.15) is 12.8 Å². The molecular weight excluding hydrogens is 330 g/mol. The lowest BCUT2D eigenvalue weighted by Gasteiger charge is -2.20. The number of methoxy groups -OCH3 is 1. The van der Waals surface area contributed by atoms with Crippen molar-refractivity contribution in [3.63, 3.8) is 0 Å². The monoisotopic (exact) mass is 357 g/mol. The van der Waals surface area contributed by atoms with Crippen LogP contribution in [-0.2, 0) is 14.8 Å². The molecule has 1 rings (SSSR count). The van der Waals surface area contributed by atoms with Gasteiger partial charge in [-0.05, 0) is 39.2 Å². The van der Waals surface area contributed by atoms with Gasteiger partial charge in [0.1, 0.15) is 5.75 Å². The average Bonchev–Trinajstić information content (AvgIpc) is 2.49. The smallest absolute Gasteiger partial charge is 0.225 e. The largest absolute Gasteiger partial charge is 0.497 e. The lowest BCUT2D eigenvalue weighted by molar-refractivity contribution is -0.116. The van der Waals surface area contributed by atoms with Gasteiger partial charge in [0.05, 0.1) is 13.4 Å². The minimum atomic E-state index is -3.33. The molecule has 0 aliphatic rings. The third-order valence-electron chi connectivity index (χ3n) is 3.42. The number of nitrogens with zero attached hydrogens (tertiary/aromatic N) is 2. The number of amides is 1. The van der Waals surface area contributed by atoms with E-state index < -0.39 is 10.0 Å². The van der Waals surface area contributed by atoms with E-state index in [4.69, 9.17) is 4.74 Å². The van der Waals surface area contributed by atoms with Crippen molar-refractivity contribution in [3.8, 4) is 5.75 Å². The highest BCUT2D eigenvalue weighted by Crippen LogP contribution is 2.16. The Balaban J connectivity index is 2.54. The molecule has 1 aromatic carbocycles. The van der Waals surface area contributed by atoms with Crippen LogP contribution in [0.4, 0.5) is 5.69 Å². The van der Waals surface area contributed by atoms with Gasteiger partial charge in [-0.15, -0.1) is 0 Å². The second kappa shape index (κ2) is 9.61. The lowest BCUT2D eigenvalue weighted by atomic mass is 10.3. The quantitative estimate of drug-likeness (QED) is 0.681. The van der Waals surface area contributed by atoms with E-state index in [1.54, 1.807) is 31.4 Å². The first-order chi connectivity index (χ1) is 11.2. The molecule has 0 bridgehead atoms. The highest BCUT2D eigenvalue weighted by Gasteiger charge is 2.17. The van der Waals surface area contributed by atoms with Crippen LogP contribution in [0.5, 0.6) is 5.75 Å². The fourth-order valence-electron chi connectivity index (χ4n) is 2.16. The van der Waals surface area contributed by atoms with Crippen LogP contribution < -0.4 is 10.1 Å². The van der Waals surface area contributed by atoms with Crippen LogP contribution in [0, 0.1) is 0 Å². The zero-order chi connectivity index (χ0) is 18.2. The van der Waals surface area contributed by atoms with E-state index in [0.29, 0.717) is 18.0 Å². The predicted molar refractivity (Wildman–Crippen MR) is 95.8 cm³/mol. The van der Waals surface area contributed by atoms with Gasteiger partial charge < -0.3 is 15.0 Å². The van der Waals surface area contributed by atoms with Crippen LogP contribution in [0.3, 0.4) is 0 Å². The van der Waals surface area contributed by atoms with Gasteiger partial charge in [-0.2, -0.15) is 0 Å². The van der Waals surface area contributed by atoms with Crippen LogP contribution >= 0.6 is 0 Å². The van der Waals surface area contributed by atoms with Gasteiger partial charge in [-0.1, -0.05) is 6.07 Å². The zero-order valence-electron chi connectivity index (χ0n) is 14.8. The van der Waals surface area contributed by atoms with E-state index in [9.17, 15) is 13.2 Å². The maximum atomic E-state index is 12.0. The maximum Gasteiger partial charge on any atom is 0.225 e. The molecule has 136 valence electrons. The first-order valence-electron chi connectivity index (χ1n) is 7.76. The second-order valence-electron chi connectivity index (χ2n) is 5.85. The molecule has 1 amide bonds. The maximum absolute atomic E-state index is 12.0. The highest BCUT2D eigenvalue weighted by atomic mass is 32.2. The van der Waals surface area contributed by atoms with Crippen molar-refractivity contribution in [2.24, 2.45) is 0 Å². The summed E-state index contributed by atoms with van der Waals surface area (Å²) in [5, 5.41) is 2.75. The van der Waals surface area contributed by atoms with Gasteiger partial charge >= 0.3 is 0 Å². The number of carbonyl (C=O) groups is 1. The van der Waals surface area contributed by atoms with Crippen molar-refractivity contribution in [3.05, 3.63) is 24.3 Å². The number of sulfonamides is 1. The van der Waals surface area contributed by atoms with Crippen molar-refractivity contribution >= 4 is 21.6 Å². The molecule has 0 atom stereocenters. The number of rotatable bonds is 10. The van der Waals surface area contributed by atoms with Gasteiger partial charge in [-0.25, -0.2) is 12.7 Å². The summed E-state index contributed by atoms with van der Waals surface area (Å²) in [7, 11) is 2.10. The molecule has 7 nitrogen and oxygen atoms in total. The standard InChI is InChI=1S/C16H27N3O4S/c1-18(2)10-6-11-19(24(4,21)22)12-9-16(20)17-14-7-5-8-15(13-14)23-3/h5,7-8,13H,6,9-12H2,1-4H3,(H,17,20). The minimum Gasteiger partial charge on any atom is -0.497 e. The molecule has 0 aliphatic heterocycles. The summed E-state index contributed by atoms with van der Waals surface area (Å²) in [4.78, 5) is 14.0. The molecule has 24 heavy (non-hydrogen) atoms. The van der Waals surface area contributed by atoms with E-state index in [1.165, 1.54) is 10.6 Å². The summed E-state index contributed by atoms with van der Waals surface area (Å²) in [6.45, 7) is 1.37. The zero-order valence-corrected chi connectivity index (χ0v) is 15.6. The topological polar surface area (TPSA) is 79.0 Å². The molecule has 0 aromatic heterocycles. The van der Waals surface area contributed by atoms with Crippen LogP contribution in [0.2, 0.25) is 0 Å².